The first-order chi connectivity index (χ1) is 29.7. The normalized spacial score (nSPS) is 21.5. The van der Waals surface area contributed by atoms with Crippen LogP contribution in [0, 0.1) is 0 Å². The number of unbranched alkanes of at least 4 members (excludes halogenated alkanes) is 29. The van der Waals surface area contributed by atoms with Crippen LogP contribution in [-0.4, -0.2) is 110 Å². The average molecular weight is 872 g/mol. The van der Waals surface area contributed by atoms with Gasteiger partial charge in [-0.15, -0.1) is 0 Å². The molecule has 1 amide bonds. The van der Waals surface area contributed by atoms with E-state index in [1.54, 1.807) is 0 Å². The Morgan fingerprint density at radius 1 is 0.557 bits per heavy atom. The molecule has 11 heteroatoms. The molecule has 0 aliphatic carbocycles. The molecule has 11 nitrogen and oxygen atoms in total. The third-order valence-corrected chi connectivity index (χ3v) is 12.6. The van der Waals surface area contributed by atoms with E-state index in [0.29, 0.717) is 19.3 Å². The molecule has 0 bridgehead atoms. The first-order valence-corrected chi connectivity index (χ1v) is 25.6. The predicted octanol–water partition coefficient (Wildman–Crippen LogP) is 9.23. The maximum Gasteiger partial charge on any atom is 0.249 e. The summed E-state index contributed by atoms with van der Waals surface area (Å²) in [6.45, 7) is 3.45. The Balaban J connectivity index is 2.37. The highest BCUT2D eigenvalue weighted by molar-refractivity contribution is 5.80. The number of carbonyl (C=O) groups excluding carboxylic acids is 1. The fourth-order valence-corrected chi connectivity index (χ4v) is 8.32. The number of rotatable bonds is 43. The standard InChI is InChI=1S/C50H97NO10/c1-3-5-7-9-11-13-15-17-18-19-20-21-22-23-24-26-28-30-32-34-36-38-43(54)49(59)51-41(40-60-50-48(58)47(57)46(56)44(39-52)61-50)45(55)42(53)37-35-33-31-29-27-25-16-14-12-10-8-6-4-2/h22-23,41-48,50,52-58H,3-21,24-40H2,1-2H3,(H,51,59)/b23-22-. The number of aliphatic hydroxyl groups is 7. The highest BCUT2D eigenvalue weighted by Gasteiger charge is 2.44. The molecule has 1 aliphatic heterocycles. The van der Waals surface area contributed by atoms with Gasteiger partial charge in [-0.1, -0.05) is 206 Å². The number of nitrogens with one attached hydrogen (secondary N) is 1. The van der Waals surface area contributed by atoms with Crippen molar-refractivity contribution in [3.05, 3.63) is 12.2 Å². The van der Waals surface area contributed by atoms with Crippen LogP contribution in [0.2, 0.25) is 0 Å². The smallest absolute Gasteiger partial charge is 0.249 e. The van der Waals surface area contributed by atoms with E-state index in [-0.39, 0.29) is 6.42 Å². The second kappa shape index (κ2) is 40.4. The van der Waals surface area contributed by atoms with E-state index in [1.165, 1.54) is 141 Å². The number of amides is 1. The van der Waals surface area contributed by atoms with Crippen molar-refractivity contribution in [3.8, 4) is 0 Å². The second-order valence-electron chi connectivity index (χ2n) is 18.2. The lowest BCUT2D eigenvalue weighted by molar-refractivity contribution is -0.303. The largest absolute Gasteiger partial charge is 0.394 e. The molecule has 9 unspecified atom stereocenters. The Morgan fingerprint density at radius 3 is 1.38 bits per heavy atom. The maximum atomic E-state index is 13.1. The summed E-state index contributed by atoms with van der Waals surface area (Å²) in [5, 5.41) is 75.8. The first-order valence-electron chi connectivity index (χ1n) is 25.6. The van der Waals surface area contributed by atoms with E-state index in [9.17, 15) is 40.5 Å². The van der Waals surface area contributed by atoms with Crippen molar-refractivity contribution < 1.29 is 50.0 Å². The molecule has 0 radical (unpaired) electrons. The van der Waals surface area contributed by atoms with E-state index in [4.69, 9.17) is 9.47 Å². The van der Waals surface area contributed by atoms with Gasteiger partial charge in [0.2, 0.25) is 5.91 Å². The first kappa shape index (κ1) is 57.9. The van der Waals surface area contributed by atoms with Crippen molar-refractivity contribution in [2.24, 2.45) is 0 Å². The molecule has 1 fully saturated rings. The Bertz CT molecular complexity index is 1000. The summed E-state index contributed by atoms with van der Waals surface area (Å²) in [7, 11) is 0. The molecule has 1 aliphatic rings. The number of ether oxygens (including phenoxy) is 2. The highest BCUT2D eigenvalue weighted by Crippen LogP contribution is 2.23. The van der Waals surface area contributed by atoms with Gasteiger partial charge in [-0.2, -0.15) is 0 Å². The summed E-state index contributed by atoms with van der Waals surface area (Å²) >= 11 is 0. The molecule has 8 N–H and O–H groups in total. The minimum absolute atomic E-state index is 0.255. The molecule has 0 aromatic heterocycles. The van der Waals surface area contributed by atoms with Crippen molar-refractivity contribution in [1.82, 2.24) is 5.32 Å². The molecule has 1 saturated heterocycles. The van der Waals surface area contributed by atoms with Crippen LogP contribution < -0.4 is 5.32 Å². The van der Waals surface area contributed by atoms with Crippen molar-refractivity contribution >= 4 is 5.91 Å². The van der Waals surface area contributed by atoms with Gasteiger partial charge in [-0.05, 0) is 38.5 Å². The Hall–Kier alpha value is -1.15. The quantitative estimate of drug-likeness (QED) is 0.0217. The van der Waals surface area contributed by atoms with Crippen LogP contribution in [0.15, 0.2) is 12.2 Å². The number of aliphatic hydroxyl groups excluding tert-OH is 7. The van der Waals surface area contributed by atoms with E-state index in [1.807, 2.05) is 0 Å². The summed E-state index contributed by atoms with van der Waals surface area (Å²) in [4.78, 5) is 13.1. The maximum absolute atomic E-state index is 13.1. The van der Waals surface area contributed by atoms with Gasteiger partial charge in [0, 0.05) is 0 Å². The van der Waals surface area contributed by atoms with Gasteiger partial charge < -0.3 is 50.5 Å². The lowest BCUT2D eigenvalue weighted by Gasteiger charge is -2.40. The number of hydrogen-bond acceptors (Lipinski definition) is 10. The second-order valence-corrected chi connectivity index (χ2v) is 18.2. The van der Waals surface area contributed by atoms with Gasteiger partial charge in [0.05, 0.1) is 25.4 Å². The monoisotopic (exact) mass is 872 g/mol. The van der Waals surface area contributed by atoms with Gasteiger partial charge in [-0.25, -0.2) is 0 Å². The fraction of sp³-hybridized carbons (Fsp3) is 0.940. The van der Waals surface area contributed by atoms with Crippen molar-refractivity contribution in [1.29, 1.82) is 0 Å². The minimum Gasteiger partial charge on any atom is -0.394 e. The van der Waals surface area contributed by atoms with Gasteiger partial charge in [0.15, 0.2) is 6.29 Å². The van der Waals surface area contributed by atoms with E-state index in [2.05, 4.69) is 31.3 Å². The van der Waals surface area contributed by atoms with Gasteiger partial charge in [-0.3, -0.25) is 4.79 Å². The number of hydrogen-bond donors (Lipinski definition) is 8. The summed E-state index contributed by atoms with van der Waals surface area (Å²) in [6, 6.07) is -1.17. The highest BCUT2D eigenvalue weighted by atomic mass is 16.7. The molecule has 0 aromatic carbocycles. The Morgan fingerprint density at radius 2 is 0.951 bits per heavy atom. The molecule has 61 heavy (non-hydrogen) atoms. The molecule has 0 saturated carbocycles. The van der Waals surface area contributed by atoms with Crippen LogP contribution in [0.1, 0.15) is 232 Å². The van der Waals surface area contributed by atoms with Crippen molar-refractivity contribution in [2.45, 2.75) is 287 Å². The van der Waals surface area contributed by atoms with E-state index in [0.717, 1.165) is 51.4 Å². The Labute approximate surface area is 372 Å². The minimum atomic E-state index is -1.66. The number of allylic oxidation sites excluding steroid dienone is 2. The molecular formula is C50H97NO10. The third-order valence-electron chi connectivity index (χ3n) is 12.6. The van der Waals surface area contributed by atoms with Crippen LogP contribution in [0.25, 0.3) is 0 Å². The molecule has 0 spiro atoms. The molecule has 1 heterocycles. The van der Waals surface area contributed by atoms with Crippen molar-refractivity contribution in [3.63, 3.8) is 0 Å². The van der Waals surface area contributed by atoms with Crippen LogP contribution in [0.4, 0.5) is 0 Å². The fourth-order valence-electron chi connectivity index (χ4n) is 8.32. The Kier molecular flexibility index (Phi) is 38.3. The third kappa shape index (κ3) is 29.8. The van der Waals surface area contributed by atoms with E-state index < -0.39 is 74.2 Å². The summed E-state index contributed by atoms with van der Waals surface area (Å²) < 4.78 is 11.1. The average Bonchev–Trinajstić information content (AvgIpc) is 3.26. The number of carbonyl (C=O) groups is 1. The zero-order valence-corrected chi connectivity index (χ0v) is 39.2. The summed E-state index contributed by atoms with van der Waals surface area (Å²) in [5.74, 6) is -0.699. The zero-order chi connectivity index (χ0) is 44.8. The summed E-state index contributed by atoms with van der Waals surface area (Å²) in [5.41, 5.74) is 0. The van der Waals surface area contributed by atoms with Crippen molar-refractivity contribution in [2.75, 3.05) is 13.2 Å². The molecular weight excluding hydrogens is 775 g/mol. The van der Waals surface area contributed by atoms with Gasteiger partial charge >= 0.3 is 0 Å². The zero-order valence-electron chi connectivity index (χ0n) is 39.2. The van der Waals surface area contributed by atoms with Gasteiger partial charge in [0.1, 0.15) is 36.6 Å². The molecule has 362 valence electrons. The topological polar surface area (TPSA) is 189 Å². The van der Waals surface area contributed by atoms with Crippen LogP contribution in [-0.2, 0) is 14.3 Å². The lowest BCUT2D eigenvalue weighted by atomic mass is 9.98. The SMILES string of the molecule is CCCCCCCCCCCCC/C=C\CCCCCCCCC(O)C(=O)NC(COC1OC(CO)C(O)C(O)C1O)C(O)C(O)CCCCCCCCCCCCCCC. The molecule has 0 aromatic rings. The van der Waals surface area contributed by atoms with Crippen LogP contribution >= 0.6 is 0 Å². The van der Waals surface area contributed by atoms with Gasteiger partial charge in [0.25, 0.3) is 0 Å². The van der Waals surface area contributed by atoms with Crippen LogP contribution in [0.5, 0.6) is 0 Å². The predicted molar refractivity (Wildman–Crippen MR) is 247 cm³/mol. The molecule has 1 rings (SSSR count). The lowest BCUT2D eigenvalue weighted by Crippen LogP contribution is -2.60. The van der Waals surface area contributed by atoms with E-state index >= 15 is 0 Å². The van der Waals surface area contributed by atoms with Crippen LogP contribution in [0.3, 0.4) is 0 Å². The molecule has 9 atom stereocenters. The summed E-state index contributed by atoms with van der Waals surface area (Å²) in [6.07, 6.45) is 32.6.